The zero-order chi connectivity index (χ0) is 27.7. The molecule has 0 fully saturated rings. The number of hydrogen-bond acceptors (Lipinski definition) is 6. The zero-order valence-electron chi connectivity index (χ0n) is 24.4. The molecule has 2 atom stereocenters. The quantitative estimate of drug-likeness (QED) is 0.0543. The number of quaternary nitrogens is 1. The maximum atomic E-state index is 11.7. The summed E-state index contributed by atoms with van der Waals surface area (Å²) in [5, 5.41) is 9.85. The number of phosphoric acid groups is 1. The fourth-order valence-corrected chi connectivity index (χ4v) is 4.37. The van der Waals surface area contributed by atoms with Gasteiger partial charge in [0.2, 0.25) is 0 Å². The summed E-state index contributed by atoms with van der Waals surface area (Å²) in [4.78, 5) is 11.7. The van der Waals surface area contributed by atoms with Crippen molar-refractivity contribution in [1.82, 2.24) is 0 Å². The molecule has 0 aliphatic rings. The second-order valence-electron chi connectivity index (χ2n) is 11.0. The van der Waals surface area contributed by atoms with Crippen LogP contribution in [0.1, 0.15) is 103 Å². The molecule has 7 nitrogen and oxygen atoms in total. The minimum absolute atomic E-state index is 0.0472. The van der Waals surface area contributed by atoms with Gasteiger partial charge in [-0.15, -0.1) is 0 Å². The third-order valence-corrected chi connectivity index (χ3v) is 6.95. The molecule has 0 aliphatic heterocycles. The summed E-state index contributed by atoms with van der Waals surface area (Å²) in [6.45, 7) is 3.11. The van der Waals surface area contributed by atoms with Crippen LogP contribution in [0, 0.1) is 0 Å². The standard InChI is InChI=1S/C29H58NO6P/c1-5-6-7-8-9-10-11-12-13-14-15-16-17-18-19-20-21-22-23-25-34-27-29(31)28-36-37(32,33)35-26-24-30(2,3)4/h10-11,13-14,29,31H,5-9,12,15-28H2,1-4H3/b11-10-,14-13-. The first-order valence-corrected chi connectivity index (χ1v) is 16.1. The second-order valence-corrected chi connectivity index (χ2v) is 12.4. The van der Waals surface area contributed by atoms with Crippen molar-refractivity contribution in [3.63, 3.8) is 0 Å². The number of nitrogens with zero attached hydrogens (tertiary/aromatic N) is 1. The highest BCUT2D eigenvalue weighted by atomic mass is 31.2. The molecule has 0 radical (unpaired) electrons. The van der Waals surface area contributed by atoms with Crippen LogP contribution >= 0.6 is 7.82 Å². The van der Waals surface area contributed by atoms with E-state index >= 15 is 0 Å². The molecule has 0 heterocycles. The van der Waals surface area contributed by atoms with Crippen LogP contribution in [-0.2, 0) is 18.3 Å². The molecule has 0 aromatic rings. The Morgan fingerprint density at radius 3 is 1.86 bits per heavy atom. The van der Waals surface area contributed by atoms with Crippen molar-refractivity contribution >= 4 is 7.82 Å². The number of allylic oxidation sites excluding steroid dienone is 4. The van der Waals surface area contributed by atoms with Gasteiger partial charge in [0.05, 0.1) is 34.4 Å². The van der Waals surface area contributed by atoms with Gasteiger partial charge in [-0.1, -0.05) is 89.0 Å². The molecule has 8 heteroatoms. The van der Waals surface area contributed by atoms with Crippen molar-refractivity contribution in [3.05, 3.63) is 24.3 Å². The molecule has 0 aromatic carbocycles. The summed E-state index contributed by atoms with van der Waals surface area (Å²) in [7, 11) is 1.43. The van der Waals surface area contributed by atoms with Crippen molar-refractivity contribution in [3.8, 4) is 0 Å². The van der Waals surface area contributed by atoms with Gasteiger partial charge >= 0.3 is 0 Å². The van der Waals surface area contributed by atoms with Crippen LogP contribution in [0.3, 0.4) is 0 Å². The van der Waals surface area contributed by atoms with Gasteiger partial charge < -0.3 is 28.3 Å². The Morgan fingerprint density at radius 2 is 1.30 bits per heavy atom. The molecule has 0 saturated heterocycles. The van der Waals surface area contributed by atoms with Crippen LogP contribution in [0.4, 0.5) is 0 Å². The smallest absolute Gasteiger partial charge is 0.268 e. The van der Waals surface area contributed by atoms with Gasteiger partial charge in [0.25, 0.3) is 7.82 Å². The Hall–Kier alpha value is -0.530. The Balaban J connectivity index is 3.42. The number of ether oxygens (including phenoxy) is 1. The van der Waals surface area contributed by atoms with Gasteiger partial charge in [-0.05, 0) is 38.5 Å². The van der Waals surface area contributed by atoms with E-state index in [9.17, 15) is 14.6 Å². The Morgan fingerprint density at radius 1 is 0.757 bits per heavy atom. The normalized spacial score (nSPS) is 15.1. The summed E-state index contributed by atoms with van der Waals surface area (Å²) >= 11 is 0. The van der Waals surface area contributed by atoms with E-state index in [1.165, 1.54) is 77.0 Å². The van der Waals surface area contributed by atoms with Gasteiger partial charge in [-0.25, -0.2) is 0 Å². The number of hydrogen-bond donors (Lipinski definition) is 1. The minimum Gasteiger partial charge on any atom is -0.756 e. The average Bonchev–Trinajstić information content (AvgIpc) is 2.83. The topological polar surface area (TPSA) is 88.0 Å². The van der Waals surface area contributed by atoms with E-state index in [2.05, 4.69) is 31.2 Å². The monoisotopic (exact) mass is 547 g/mol. The first-order chi connectivity index (χ1) is 17.7. The molecule has 37 heavy (non-hydrogen) atoms. The number of likely N-dealkylation sites (N-methyl/N-ethyl adjacent to an activating group) is 1. The third-order valence-electron chi connectivity index (χ3n) is 5.99. The number of rotatable bonds is 27. The average molecular weight is 548 g/mol. The summed E-state index contributed by atoms with van der Waals surface area (Å²) in [6, 6.07) is 0. The molecule has 0 amide bonds. The second kappa shape index (κ2) is 24.5. The number of aliphatic hydroxyl groups excluding tert-OH is 1. The molecule has 0 aromatic heterocycles. The van der Waals surface area contributed by atoms with E-state index in [1.807, 2.05) is 21.1 Å². The molecule has 0 bridgehead atoms. The van der Waals surface area contributed by atoms with Gasteiger partial charge in [0, 0.05) is 6.61 Å². The molecule has 0 saturated carbocycles. The molecule has 0 rings (SSSR count). The molecule has 0 spiro atoms. The van der Waals surface area contributed by atoms with E-state index in [1.54, 1.807) is 0 Å². The molecule has 220 valence electrons. The maximum Gasteiger partial charge on any atom is 0.268 e. The van der Waals surface area contributed by atoms with Gasteiger partial charge in [0.15, 0.2) is 0 Å². The van der Waals surface area contributed by atoms with Gasteiger partial charge in [0.1, 0.15) is 19.3 Å². The Labute approximate surface area is 228 Å². The Kier molecular flexibility index (Phi) is 24.2. The van der Waals surface area contributed by atoms with E-state index < -0.39 is 13.9 Å². The summed E-state index contributed by atoms with van der Waals surface area (Å²) < 4.78 is 27.3. The van der Waals surface area contributed by atoms with Crippen molar-refractivity contribution in [2.75, 3.05) is 54.1 Å². The zero-order valence-corrected chi connectivity index (χ0v) is 25.3. The van der Waals surface area contributed by atoms with Crippen LogP contribution in [-0.4, -0.2) is 69.8 Å². The number of phosphoric ester groups is 1. The fourth-order valence-electron chi connectivity index (χ4n) is 3.63. The number of unbranched alkanes of at least 4 members (excludes halogenated alkanes) is 12. The largest absolute Gasteiger partial charge is 0.756 e. The van der Waals surface area contributed by atoms with Crippen LogP contribution < -0.4 is 4.89 Å². The maximum absolute atomic E-state index is 11.7. The molecule has 0 aliphatic carbocycles. The highest BCUT2D eigenvalue weighted by Crippen LogP contribution is 2.38. The predicted octanol–water partition coefficient (Wildman–Crippen LogP) is 6.56. The van der Waals surface area contributed by atoms with Crippen LogP contribution in [0.5, 0.6) is 0 Å². The molecule has 1 N–H and O–H groups in total. The lowest BCUT2D eigenvalue weighted by Crippen LogP contribution is -2.37. The lowest BCUT2D eigenvalue weighted by Gasteiger charge is -2.27. The Bertz CT molecular complexity index is 606. The van der Waals surface area contributed by atoms with Crippen molar-refractivity contribution in [2.45, 2.75) is 109 Å². The van der Waals surface area contributed by atoms with E-state index in [-0.39, 0.29) is 19.8 Å². The van der Waals surface area contributed by atoms with Crippen LogP contribution in [0.25, 0.3) is 0 Å². The minimum atomic E-state index is -4.40. The third kappa shape index (κ3) is 29.9. The van der Waals surface area contributed by atoms with Crippen LogP contribution in [0.15, 0.2) is 24.3 Å². The fraction of sp³-hybridized carbons (Fsp3) is 0.862. The lowest BCUT2D eigenvalue weighted by molar-refractivity contribution is -0.870. The van der Waals surface area contributed by atoms with E-state index in [0.29, 0.717) is 17.6 Å². The molecular weight excluding hydrogens is 489 g/mol. The summed E-state index contributed by atoms with van der Waals surface area (Å²) in [5.74, 6) is 0. The van der Waals surface area contributed by atoms with Crippen molar-refractivity contribution < 1.29 is 32.8 Å². The molecular formula is C29H58NO6P. The van der Waals surface area contributed by atoms with Crippen molar-refractivity contribution in [1.29, 1.82) is 0 Å². The van der Waals surface area contributed by atoms with E-state index in [4.69, 9.17) is 13.8 Å². The molecule has 2 unspecified atom stereocenters. The van der Waals surface area contributed by atoms with Crippen molar-refractivity contribution in [2.24, 2.45) is 0 Å². The lowest BCUT2D eigenvalue weighted by atomic mass is 10.1. The highest BCUT2D eigenvalue weighted by molar-refractivity contribution is 7.45. The van der Waals surface area contributed by atoms with Gasteiger partial charge in [-0.2, -0.15) is 0 Å². The van der Waals surface area contributed by atoms with Gasteiger partial charge in [-0.3, -0.25) is 4.57 Å². The SMILES string of the molecule is CCCCCC/C=C\C/C=C\CCCCCCCCCCOCC(O)COP(=O)([O-])OCC[N+](C)(C)C. The first-order valence-electron chi connectivity index (χ1n) is 14.6. The van der Waals surface area contributed by atoms with Crippen LogP contribution in [0.2, 0.25) is 0 Å². The first kappa shape index (κ1) is 36.5. The summed E-state index contributed by atoms with van der Waals surface area (Å²) in [6.07, 6.45) is 26.8. The van der Waals surface area contributed by atoms with E-state index in [0.717, 1.165) is 19.3 Å². The highest BCUT2D eigenvalue weighted by Gasteiger charge is 2.15. The summed E-state index contributed by atoms with van der Waals surface area (Å²) in [5.41, 5.74) is 0. The number of aliphatic hydroxyl groups is 1. The predicted molar refractivity (Wildman–Crippen MR) is 152 cm³/mol.